The lowest BCUT2D eigenvalue weighted by atomic mass is 10.2. The van der Waals surface area contributed by atoms with Crippen LogP contribution in [-0.4, -0.2) is 31.9 Å². The Morgan fingerprint density at radius 3 is 3.12 bits per heavy atom. The van der Waals surface area contributed by atoms with Crippen LogP contribution in [0.5, 0.6) is 0 Å². The number of nitrogens with one attached hydrogen (secondary N) is 1. The molecule has 0 saturated carbocycles. The molecule has 2 nitrogen and oxygen atoms in total. The molecule has 1 aliphatic heterocycles. The van der Waals surface area contributed by atoms with Crippen LogP contribution in [0.25, 0.3) is 0 Å². The van der Waals surface area contributed by atoms with E-state index in [0.29, 0.717) is 5.25 Å². The third-order valence-corrected chi connectivity index (χ3v) is 3.83. The molecule has 2 rings (SSSR count). The number of fused-ring (bicyclic) bond motifs is 1. The zero-order valence-electron chi connectivity index (χ0n) is 9.66. The zero-order valence-corrected chi connectivity index (χ0v) is 10.5. The number of likely N-dealkylation sites (N-methyl/N-ethyl adjacent to an activating group) is 1. The maximum Gasteiger partial charge on any atom is 0.124 e. The molecular weight excluding hydrogens is 223 g/mol. The highest BCUT2D eigenvalue weighted by Gasteiger charge is 2.22. The first-order chi connectivity index (χ1) is 7.70. The molecule has 4 heteroatoms. The third kappa shape index (κ3) is 2.50. The van der Waals surface area contributed by atoms with Crippen LogP contribution in [0.1, 0.15) is 6.92 Å². The molecule has 0 aromatic heterocycles. The van der Waals surface area contributed by atoms with Crippen molar-refractivity contribution in [2.45, 2.75) is 17.1 Å². The maximum atomic E-state index is 13.2. The Morgan fingerprint density at radius 1 is 1.56 bits per heavy atom. The van der Waals surface area contributed by atoms with Gasteiger partial charge in [0, 0.05) is 29.8 Å². The Kier molecular flexibility index (Phi) is 3.71. The van der Waals surface area contributed by atoms with Gasteiger partial charge in [0.1, 0.15) is 5.82 Å². The van der Waals surface area contributed by atoms with Crippen LogP contribution >= 0.6 is 11.8 Å². The monoisotopic (exact) mass is 240 g/mol. The van der Waals surface area contributed by atoms with Crippen LogP contribution in [0.3, 0.4) is 0 Å². The molecule has 0 radical (unpaired) electrons. The van der Waals surface area contributed by atoms with Crippen molar-refractivity contribution in [2.24, 2.45) is 0 Å². The van der Waals surface area contributed by atoms with Crippen molar-refractivity contribution in [3.63, 3.8) is 0 Å². The SMILES string of the molecule is CNCCN1CC(C)Sc2cc(F)ccc21. The first kappa shape index (κ1) is 11.7. The lowest BCUT2D eigenvalue weighted by molar-refractivity contribution is 0.621. The second-order valence-corrected chi connectivity index (χ2v) is 5.57. The minimum Gasteiger partial charge on any atom is -0.368 e. The van der Waals surface area contributed by atoms with Gasteiger partial charge in [-0.3, -0.25) is 0 Å². The fourth-order valence-electron chi connectivity index (χ4n) is 1.96. The summed E-state index contributed by atoms with van der Waals surface area (Å²) in [5.41, 5.74) is 1.17. The number of hydrogen-bond acceptors (Lipinski definition) is 3. The van der Waals surface area contributed by atoms with Gasteiger partial charge < -0.3 is 10.2 Å². The number of thioether (sulfide) groups is 1. The summed E-state index contributed by atoms with van der Waals surface area (Å²) in [7, 11) is 1.95. The Bertz CT molecular complexity index is 370. The summed E-state index contributed by atoms with van der Waals surface area (Å²) in [6.45, 7) is 5.14. The van der Waals surface area contributed by atoms with Gasteiger partial charge in [-0.1, -0.05) is 6.92 Å². The van der Waals surface area contributed by atoms with Crippen LogP contribution in [0.2, 0.25) is 0 Å². The van der Waals surface area contributed by atoms with E-state index in [-0.39, 0.29) is 5.82 Å². The molecule has 16 heavy (non-hydrogen) atoms. The van der Waals surface area contributed by atoms with E-state index in [4.69, 9.17) is 0 Å². The predicted octanol–water partition coefficient (Wildman–Crippen LogP) is 2.35. The molecule has 0 aliphatic carbocycles. The molecule has 1 aromatic carbocycles. The third-order valence-electron chi connectivity index (χ3n) is 2.70. The summed E-state index contributed by atoms with van der Waals surface area (Å²) in [6, 6.07) is 5.07. The number of nitrogens with zero attached hydrogens (tertiary/aromatic N) is 1. The van der Waals surface area contributed by atoms with Gasteiger partial charge in [0.15, 0.2) is 0 Å². The first-order valence-corrected chi connectivity index (χ1v) is 6.44. The maximum absolute atomic E-state index is 13.2. The van der Waals surface area contributed by atoms with Gasteiger partial charge in [0.25, 0.3) is 0 Å². The molecule has 0 bridgehead atoms. The largest absolute Gasteiger partial charge is 0.368 e. The van der Waals surface area contributed by atoms with Crippen molar-refractivity contribution in [1.82, 2.24) is 5.32 Å². The lowest BCUT2D eigenvalue weighted by Crippen LogP contribution is -2.37. The van der Waals surface area contributed by atoms with Gasteiger partial charge in [-0.15, -0.1) is 11.8 Å². The van der Waals surface area contributed by atoms with E-state index in [1.807, 2.05) is 13.1 Å². The van der Waals surface area contributed by atoms with E-state index in [2.05, 4.69) is 17.1 Å². The molecule has 1 N–H and O–H groups in total. The fraction of sp³-hybridized carbons (Fsp3) is 0.500. The average Bonchev–Trinajstić information content (AvgIpc) is 2.25. The van der Waals surface area contributed by atoms with Crippen LogP contribution in [-0.2, 0) is 0 Å². The molecule has 1 atom stereocenters. The summed E-state index contributed by atoms with van der Waals surface area (Å²) < 4.78 is 13.2. The quantitative estimate of drug-likeness (QED) is 0.873. The van der Waals surface area contributed by atoms with E-state index >= 15 is 0 Å². The average molecular weight is 240 g/mol. The molecular formula is C12H17FN2S. The van der Waals surface area contributed by atoms with Crippen molar-refractivity contribution >= 4 is 17.4 Å². The van der Waals surface area contributed by atoms with Crippen LogP contribution in [0.15, 0.2) is 23.1 Å². The highest BCUT2D eigenvalue weighted by Crippen LogP contribution is 2.38. The first-order valence-electron chi connectivity index (χ1n) is 5.56. The highest BCUT2D eigenvalue weighted by molar-refractivity contribution is 8.00. The summed E-state index contributed by atoms with van der Waals surface area (Å²) in [4.78, 5) is 3.39. The van der Waals surface area contributed by atoms with Gasteiger partial charge >= 0.3 is 0 Å². The smallest absolute Gasteiger partial charge is 0.124 e. The van der Waals surface area contributed by atoms with Gasteiger partial charge in [-0.2, -0.15) is 0 Å². The number of benzene rings is 1. The Morgan fingerprint density at radius 2 is 2.38 bits per heavy atom. The summed E-state index contributed by atoms with van der Waals surface area (Å²) in [5, 5.41) is 3.67. The number of halogens is 1. The molecule has 1 aliphatic rings. The fourth-order valence-corrected chi connectivity index (χ4v) is 3.15. The highest BCUT2D eigenvalue weighted by atomic mass is 32.2. The number of anilines is 1. The van der Waals surface area contributed by atoms with Gasteiger partial charge in [0.2, 0.25) is 0 Å². The van der Waals surface area contributed by atoms with Crippen molar-refractivity contribution in [3.05, 3.63) is 24.0 Å². The van der Waals surface area contributed by atoms with Gasteiger partial charge in [0.05, 0.1) is 5.69 Å². The Hall–Kier alpha value is -0.740. The summed E-state index contributed by atoms with van der Waals surface area (Å²) >= 11 is 1.76. The molecule has 0 saturated heterocycles. The minimum atomic E-state index is -0.145. The minimum absolute atomic E-state index is 0.145. The summed E-state index contributed by atoms with van der Waals surface area (Å²) in [6.07, 6.45) is 0. The predicted molar refractivity (Wildman–Crippen MR) is 67.9 cm³/mol. The van der Waals surface area contributed by atoms with Crippen LogP contribution in [0, 0.1) is 5.82 Å². The number of rotatable bonds is 3. The van der Waals surface area contributed by atoms with Crippen molar-refractivity contribution in [2.75, 3.05) is 31.6 Å². The molecule has 0 amide bonds. The number of hydrogen-bond donors (Lipinski definition) is 1. The second-order valence-electron chi connectivity index (χ2n) is 4.09. The Labute approximate surface area is 100 Å². The molecule has 1 aromatic rings. The van der Waals surface area contributed by atoms with Crippen molar-refractivity contribution in [1.29, 1.82) is 0 Å². The van der Waals surface area contributed by atoms with E-state index in [9.17, 15) is 4.39 Å². The van der Waals surface area contributed by atoms with E-state index in [1.165, 1.54) is 5.69 Å². The molecule has 0 fully saturated rings. The Balaban J connectivity index is 2.23. The molecule has 1 heterocycles. The molecule has 1 unspecified atom stereocenters. The van der Waals surface area contributed by atoms with Crippen LogP contribution in [0.4, 0.5) is 10.1 Å². The van der Waals surface area contributed by atoms with Gasteiger partial charge in [-0.25, -0.2) is 4.39 Å². The topological polar surface area (TPSA) is 15.3 Å². The summed E-state index contributed by atoms with van der Waals surface area (Å²) in [5.74, 6) is -0.145. The molecule has 0 spiro atoms. The normalized spacial score (nSPS) is 19.7. The standard InChI is InChI=1S/C12H17FN2S/c1-9-8-15(6-5-14-2)11-4-3-10(13)7-12(11)16-9/h3-4,7,9,14H,5-6,8H2,1-2H3. The lowest BCUT2D eigenvalue weighted by Gasteiger charge is -2.34. The van der Waals surface area contributed by atoms with Gasteiger partial charge in [-0.05, 0) is 25.2 Å². The van der Waals surface area contributed by atoms with Crippen molar-refractivity contribution < 1.29 is 4.39 Å². The van der Waals surface area contributed by atoms with E-state index in [0.717, 1.165) is 24.5 Å². The second kappa shape index (κ2) is 5.06. The molecule has 88 valence electrons. The van der Waals surface area contributed by atoms with Crippen molar-refractivity contribution in [3.8, 4) is 0 Å². The van der Waals surface area contributed by atoms with E-state index < -0.39 is 0 Å². The van der Waals surface area contributed by atoms with E-state index in [1.54, 1.807) is 23.9 Å². The zero-order chi connectivity index (χ0) is 11.5. The van der Waals surface area contributed by atoms with Crippen LogP contribution < -0.4 is 10.2 Å².